The molecule has 0 aromatic heterocycles. The quantitative estimate of drug-likeness (QED) is 0.583. The Labute approximate surface area is 133 Å². The smallest absolute Gasteiger partial charge is 0.360 e. The predicted octanol–water partition coefficient (Wildman–Crippen LogP) is 2.04. The fraction of sp³-hybridized carbons (Fsp3) is 0.333. The number of carbonyl (C=O) groups excluding carboxylic acids is 1. The lowest BCUT2D eigenvalue weighted by molar-refractivity contribution is -0.144. The number of aliphatic imine (C=N–C) groups is 1. The van der Waals surface area contributed by atoms with E-state index in [1.807, 2.05) is 12.1 Å². The van der Waals surface area contributed by atoms with Crippen molar-refractivity contribution in [3.8, 4) is 0 Å². The highest BCUT2D eigenvalue weighted by Gasteiger charge is 2.47. The number of methoxy groups -OCH3 is 1. The molecular formula is C15H17ClN4O2. The number of ether oxygens (including phenoxy) is 1. The van der Waals surface area contributed by atoms with Gasteiger partial charge in [0, 0.05) is 12.1 Å². The van der Waals surface area contributed by atoms with Crippen molar-refractivity contribution in [1.82, 2.24) is 5.32 Å². The number of nitrogen functional groups attached to an aromatic ring is 1. The molecule has 6 nitrogen and oxygen atoms in total. The summed E-state index contributed by atoms with van der Waals surface area (Å²) >= 11 is 6.29. The molecule has 1 fully saturated rings. The number of rotatable bonds is 4. The summed E-state index contributed by atoms with van der Waals surface area (Å²) < 4.78 is 4.92. The first kappa shape index (κ1) is 14.7. The number of carbonyl (C=O) groups is 1. The minimum absolute atomic E-state index is 0.201. The van der Waals surface area contributed by atoms with Crippen LogP contribution in [-0.2, 0) is 9.53 Å². The topological polar surface area (TPSA) is 88.7 Å². The lowest BCUT2D eigenvalue weighted by atomic mass is 10.1. The average Bonchev–Trinajstić information content (AvgIpc) is 3.35. The number of esters is 1. The van der Waals surface area contributed by atoms with Gasteiger partial charge in [-0.15, -0.1) is 0 Å². The number of nitrogens with zero attached hydrogens (tertiary/aromatic N) is 1. The Morgan fingerprint density at radius 1 is 1.50 bits per heavy atom. The first-order valence-corrected chi connectivity index (χ1v) is 7.38. The molecular weight excluding hydrogens is 304 g/mol. The lowest BCUT2D eigenvalue weighted by Gasteiger charge is -2.32. The van der Waals surface area contributed by atoms with Crippen molar-refractivity contribution in [2.75, 3.05) is 18.2 Å². The third-order valence-electron chi connectivity index (χ3n) is 3.70. The number of hydrogen-bond donors (Lipinski definition) is 3. The highest BCUT2D eigenvalue weighted by atomic mass is 35.5. The molecule has 22 heavy (non-hydrogen) atoms. The molecule has 1 aromatic rings. The van der Waals surface area contributed by atoms with Gasteiger partial charge in [-0.25, -0.2) is 9.79 Å². The molecule has 3 rings (SSSR count). The Kier molecular flexibility index (Phi) is 3.70. The third kappa shape index (κ3) is 2.50. The second-order valence-corrected chi connectivity index (χ2v) is 5.73. The van der Waals surface area contributed by atoms with E-state index in [0.717, 1.165) is 18.7 Å². The van der Waals surface area contributed by atoms with E-state index < -0.39 is 11.6 Å². The average molecular weight is 321 g/mol. The molecule has 0 spiro atoms. The number of amidine groups is 1. The largest absolute Gasteiger partial charge is 0.466 e. The Hall–Kier alpha value is -2.21. The molecule has 116 valence electrons. The van der Waals surface area contributed by atoms with Crippen molar-refractivity contribution in [1.29, 1.82) is 0 Å². The summed E-state index contributed by atoms with van der Waals surface area (Å²) in [5, 5.41) is 6.29. The first-order chi connectivity index (χ1) is 10.6. The highest BCUT2D eigenvalue weighted by Crippen LogP contribution is 2.37. The van der Waals surface area contributed by atoms with Crippen LogP contribution in [0, 0.1) is 5.92 Å². The Morgan fingerprint density at radius 2 is 2.23 bits per heavy atom. The van der Waals surface area contributed by atoms with Gasteiger partial charge in [0.15, 0.2) is 0 Å². The molecule has 0 radical (unpaired) electrons. The van der Waals surface area contributed by atoms with Crippen molar-refractivity contribution in [2.24, 2.45) is 10.9 Å². The van der Waals surface area contributed by atoms with Crippen molar-refractivity contribution in [2.45, 2.75) is 18.5 Å². The van der Waals surface area contributed by atoms with Crippen molar-refractivity contribution in [3.05, 3.63) is 35.5 Å². The van der Waals surface area contributed by atoms with E-state index >= 15 is 0 Å². The monoisotopic (exact) mass is 320 g/mol. The number of nitrogens with two attached hydrogens (primary N) is 1. The van der Waals surface area contributed by atoms with Crippen LogP contribution in [0.5, 0.6) is 0 Å². The van der Waals surface area contributed by atoms with Crippen LogP contribution < -0.4 is 16.4 Å². The Balaban J connectivity index is 2.04. The number of anilines is 2. The molecule has 4 N–H and O–H groups in total. The molecule has 1 aliphatic carbocycles. The molecule has 1 aliphatic heterocycles. The van der Waals surface area contributed by atoms with Gasteiger partial charge in [-0.05, 0) is 25.0 Å². The minimum atomic E-state index is -1.51. The molecule has 1 aromatic carbocycles. The number of nitrogens with one attached hydrogen (secondary N) is 2. The van der Waals surface area contributed by atoms with E-state index in [1.54, 1.807) is 18.3 Å². The summed E-state index contributed by atoms with van der Waals surface area (Å²) in [6.45, 7) is 0. The second kappa shape index (κ2) is 5.53. The summed E-state index contributed by atoms with van der Waals surface area (Å²) in [7, 11) is 1.30. The standard InChI is InChI=1S/C15H17ClN4O2/c1-22-14(21)15(19-11-5-3-2-4-10(11)17)12(16)8-18-13(20-15)9-6-7-9/h2-5,8-9,19H,6-7,17H2,1H3,(H,18,20). The highest BCUT2D eigenvalue weighted by molar-refractivity contribution is 6.33. The number of halogens is 1. The summed E-state index contributed by atoms with van der Waals surface area (Å²) in [6.07, 6.45) is 3.66. The maximum atomic E-state index is 12.4. The number of benzene rings is 1. The summed E-state index contributed by atoms with van der Waals surface area (Å²) in [4.78, 5) is 16.9. The SMILES string of the molecule is COC(=O)C1(Nc2ccccc2N)N=C(C2CC2)NC=C1Cl. The van der Waals surface area contributed by atoms with Gasteiger partial charge in [-0.3, -0.25) is 0 Å². The van der Waals surface area contributed by atoms with Gasteiger partial charge in [0.1, 0.15) is 5.84 Å². The fourth-order valence-corrected chi connectivity index (χ4v) is 2.53. The van der Waals surface area contributed by atoms with Crippen LogP contribution in [0.1, 0.15) is 12.8 Å². The van der Waals surface area contributed by atoms with E-state index in [1.165, 1.54) is 7.11 Å². The molecule has 1 atom stereocenters. The van der Waals surface area contributed by atoms with Crippen molar-refractivity contribution < 1.29 is 9.53 Å². The molecule has 1 saturated carbocycles. The lowest BCUT2D eigenvalue weighted by Crippen LogP contribution is -2.50. The van der Waals surface area contributed by atoms with Gasteiger partial charge < -0.3 is 21.1 Å². The van der Waals surface area contributed by atoms with Gasteiger partial charge in [0.05, 0.1) is 23.5 Å². The number of para-hydroxylation sites is 2. The van der Waals surface area contributed by atoms with Gasteiger partial charge >= 0.3 is 5.97 Å². The zero-order valence-corrected chi connectivity index (χ0v) is 12.9. The van der Waals surface area contributed by atoms with Crippen LogP contribution >= 0.6 is 11.6 Å². The van der Waals surface area contributed by atoms with E-state index in [9.17, 15) is 4.79 Å². The van der Waals surface area contributed by atoms with E-state index in [0.29, 0.717) is 17.3 Å². The molecule has 7 heteroatoms. The van der Waals surface area contributed by atoms with Crippen LogP contribution in [0.2, 0.25) is 0 Å². The normalized spacial score (nSPS) is 23.9. The number of hydrogen-bond acceptors (Lipinski definition) is 6. The molecule has 0 saturated heterocycles. The van der Waals surface area contributed by atoms with Crippen molar-refractivity contribution in [3.63, 3.8) is 0 Å². The van der Waals surface area contributed by atoms with E-state index in [-0.39, 0.29) is 5.03 Å². The minimum Gasteiger partial charge on any atom is -0.466 e. The van der Waals surface area contributed by atoms with Crippen LogP contribution in [0.15, 0.2) is 40.5 Å². The van der Waals surface area contributed by atoms with Gasteiger partial charge in [-0.1, -0.05) is 23.7 Å². The molecule has 1 heterocycles. The van der Waals surface area contributed by atoms with Crippen LogP contribution in [0.4, 0.5) is 11.4 Å². The zero-order chi connectivity index (χ0) is 15.7. The zero-order valence-electron chi connectivity index (χ0n) is 12.1. The summed E-state index contributed by atoms with van der Waals surface area (Å²) in [5.41, 5.74) is 5.51. The second-order valence-electron chi connectivity index (χ2n) is 5.32. The predicted molar refractivity (Wildman–Crippen MR) is 86.5 cm³/mol. The third-order valence-corrected chi connectivity index (χ3v) is 4.08. The van der Waals surface area contributed by atoms with Gasteiger partial charge in [0.25, 0.3) is 5.66 Å². The molecule has 1 unspecified atom stereocenters. The van der Waals surface area contributed by atoms with Gasteiger partial charge in [0.2, 0.25) is 0 Å². The Bertz CT molecular complexity index is 669. The molecule has 0 amide bonds. The van der Waals surface area contributed by atoms with E-state index in [2.05, 4.69) is 15.6 Å². The fourth-order valence-electron chi connectivity index (χ4n) is 2.31. The van der Waals surface area contributed by atoms with Crippen molar-refractivity contribution >= 4 is 34.8 Å². The van der Waals surface area contributed by atoms with Crippen LogP contribution in [0.25, 0.3) is 0 Å². The first-order valence-electron chi connectivity index (χ1n) is 7.00. The summed E-state index contributed by atoms with van der Waals surface area (Å²) in [6, 6.07) is 7.12. The summed E-state index contributed by atoms with van der Waals surface area (Å²) in [5.74, 6) is 0.480. The molecule has 2 aliphatic rings. The van der Waals surface area contributed by atoms with Crippen LogP contribution in [-0.4, -0.2) is 24.6 Å². The maximum Gasteiger partial charge on any atom is 0.360 e. The van der Waals surface area contributed by atoms with Crippen LogP contribution in [0.3, 0.4) is 0 Å². The van der Waals surface area contributed by atoms with Gasteiger partial charge in [-0.2, -0.15) is 0 Å². The maximum absolute atomic E-state index is 12.4. The molecule has 0 bridgehead atoms. The Morgan fingerprint density at radius 3 is 2.86 bits per heavy atom. The van der Waals surface area contributed by atoms with E-state index in [4.69, 9.17) is 22.1 Å².